The highest BCUT2D eigenvalue weighted by atomic mass is 35.5. The standard InChI is InChI=1S/C15H19ClN4O/c1-10-7-19(5-4-13(10)17)9-12-6-15(21)20-8-11(16)2-3-14(20)18-12/h2-3,6,8,10,13H,4-5,7,9,17H2,1H3. The van der Waals surface area contributed by atoms with Crippen LogP contribution in [0.2, 0.25) is 5.02 Å². The summed E-state index contributed by atoms with van der Waals surface area (Å²) in [4.78, 5) is 19.0. The van der Waals surface area contributed by atoms with Crippen molar-refractivity contribution in [3.05, 3.63) is 45.5 Å². The number of fused-ring (bicyclic) bond motifs is 1. The van der Waals surface area contributed by atoms with Gasteiger partial charge in [-0.1, -0.05) is 18.5 Å². The summed E-state index contributed by atoms with van der Waals surface area (Å²) in [6.07, 6.45) is 2.58. The van der Waals surface area contributed by atoms with Crippen molar-refractivity contribution in [2.24, 2.45) is 11.7 Å². The van der Waals surface area contributed by atoms with E-state index in [-0.39, 0.29) is 11.6 Å². The largest absolute Gasteiger partial charge is 0.327 e. The number of aromatic nitrogens is 2. The predicted molar refractivity (Wildman–Crippen MR) is 83.5 cm³/mol. The van der Waals surface area contributed by atoms with Gasteiger partial charge < -0.3 is 5.73 Å². The zero-order valence-electron chi connectivity index (χ0n) is 12.0. The zero-order valence-corrected chi connectivity index (χ0v) is 12.8. The Balaban J connectivity index is 1.85. The first-order valence-electron chi connectivity index (χ1n) is 7.19. The summed E-state index contributed by atoms with van der Waals surface area (Å²) in [5.41, 5.74) is 7.37. The van der Waals surface area contributed by atoms with Gasteiger partial charge in [-0.25, -0.2) is 4.98 Å². The molecule has 2 unspecified atom stereocenters. The Hall–Kier alpha value is -1.43. The summed E-state index contributed by atoms with van der Waals surface area (Å²) in [5, 5.41) is 0.526. The Kier molecular flexibility index (Phi) is 3.97. The van der Waals surface area contributed by atoms with Crippen molar-refractivity contribution in [3.63, 3.8) is 0 Å². The third-order valence-electron chi connectivity index (χ3n) is 4.12. The minimum absolute atomic E-state index is 0.0979. The molecule has 0 amide bonds. The number of hydrogen-bond acceptors (Lipinski definition) is 4. The van der Waals surface area contributed by atoms with Gasteiger partial charge in [0.15, 0.2) is 0 Å². The molecule has 0 saturated carbocycles. The lowest BCUT2D eigenvalue weighted by Crippen LogP contribution is -2.45. The third kappa shape index (κ3) is 3.10. The van der Waals surface area contributed by atoms with Crippen molar-refractivity contribution in [1.82, 2.24) is 14.3 Å². The summed E-state index contributed by atoms with van der Waals surface area (Å²) < 4.78 is 1.47. The molecule has 0 spiro atoms. The second-order valence-corrected chi connectivity index (χ2v) is 6.26. The Morgan fingerprint density at radius 1 is 1.48 bits per heavy atom. The van der Waals surface area contributed by atoms with Crippen LogP contribution in [0.3, 0.4) is 0 Å². The fraction of sp³-hybridized carbons (Fsp3) is 0.467. The number of pyridine rings is 1. The lowest BCUT2D eigenvalue weighted by atomic mass is 9.95. The molecule has 0 aromatic carbocycles. The molecule has 1 fully saturated rings. The molecule has 112 valence electrons. The molecule has 0 aliphatic carbocycles. The number of likely N-dealkylation sites (tertiary alicyclic amines) is 1. The highest BCUT2D eigenvalue weighted by Crippen LogP contribution is 2.17. The van der Waals surface area contributed by atoms with Gasteiger partial charge in [0.1, 0.15) is 5.65 Å². The van der Waals surface area contributed by atoms with Crippen LogP contribution in [0.5, 0.6) is 0 Å². The van der Waals surface area contributed by atoms with E-state index in [1.54, 1.807) is 24.4 Å². The van der Waals surface area contributed by atoms with E-state index in [4.69, 9.17) is 17.3 Å². The van der Waals surface area contributed by atoms with Gasteiger partial charge in [0, 0.05) is 37.9 Å². The maximum absolute atomic E-state index is 12.1. The van der Waals surface area contributed by atoms with Gasteiger partial charge in [0.25, 0.3) is 5.56 Å². The summed E-state index contributed by atoms with van der Waals surface area (Å²) in [7, 11) is 0. The van der Waals surface area contributed by atoms with Crippen LogP contribution in [-0.2, 0) is 6.54 Å². The molecule has 0 bridgehead atoms. The Bertz CT molecular complexity index is 714. The molecule has 2 aromatic rings. The van der Waals surface area contributed by atoms with Crippen molar-refractivity contribution in [3.8, 4) is 0 Å². The van der Waals surface area contributed by atoms with E-state index in [0.717, 1.165) is 25.2 Å². The smallest absolute Gasteiger partial charge is 0.258 e. The van der Waals surface area contributed by atoms with Crippen LogP contribution in [0.25, 0.3) is 5.65 Å². The third-order valence-corrected chi connectivity index (χ3v) is 4.34. The number of rotatable bonds is 2. The lowest BCUT2D eigenvalue weighted by Gasteiger charge is -2.34. The van der Waals surface area contributed by atoms with E-state index in [2.05, 4.69) is 16.8 Å². The molecular formula is C15H19ClN4O. The molecule has 0 radical (unpaired) electrons. The molecule has 5 nitrogen and oxygen atoms in total. The minimum Gasteiger partial charge on any atom is -0.327 e. The number of hydrogen-bond donors (Lipinski definition) is 1. The van der Waals surface area contributed by atoms with Gasteiger partial charge in [-0.15, -0.1) is 0 Å². The molecular weight excluding hydrogens is 288 g/mol. The highest BCUT2D eigenvalue weighted by Gasteiger charge is 2.23. The second-order valence-electron chi connectivity index (χ2n) is 5.83. The van der Waals surface area contributed by atoms with Crippen LogP contribution in [0.1, 0.15) is 19.0 Å². The number of nitrogens with two attached hydrogens (primary N) is 1. The SMILES string of the molecule is CC1CN(Cc2cc(=O)n3cc(Cl)ccc3n2)CCC1N. The number of nitrogens with zero attached hydrogens (tertiary/aromatic N) is 3. The quantitative estimate of drug-likeness (QED) is 0.913. The lowest BCUT2D eigenvalue weighted by molar-refractivity contribution is 0.156. The van der Waals surface area contributed by atoms with Crippen molar-refractivity contribution >= 4 is 17.2 Å². The summed E-state index contributed by atoms with van der Waals surface area (Å²) in [5.74, 6) is 0.471. The average molecular weight is 307 g/mol. The monoisotopic (exact) mass is 306 g/mol. The van der Waals surface area contributed by atoms with E-state index in [1.165, 1.54) is 4.40 Å². The van der Waals surface area contributed by atoms with Gasteiger partial charge in [0.2, 0.25) is 0 Å². The Labute approximate surface area is 128 Å². The molecule has 6 heteroatoms. The van der Waals surface area contributed by atoms with Crippen molar-refractivity contribution in [2.45, 2.75) is 25.9 Å². The van der Waals surface area contributed by atoms with Crippen molar-refractivity contribution < 1.29 is 0 Å². The van der Waals surface area contributed by atoms with Gasteiger partial charge in [-0.2, -0.15) is 0 Å². The van der Waals surface area contributed by atoms with Crippen LogP contribution in [0, 0.1) is 5.92 Å². The van der Waals surface area contributed by atoms with Crippen molar-refractivity contribution in [2.75, 3.05) is 13.1 Å². The van der Waals surface area contributed by atoms with Gasteiger partial charge >= 0.3 is 0 Å². The average Bonchev–Trinajstić information content (AvgIpc) is 2.44. The van der Waals surface area contributed by atoms with E-state index in [1.807, 2.05) is 0 Å². The molecule has 1 aliphatic heterocycles. The summed E-state index contributed by atoms with van der Waals surface area (Å²) in [6.45, 7) is 4.75. The first kappa shape index (κ1) is 14.5. The molecule has 1 saturated heterocycles. The molecule has 3 rings (SSSR count). The maximum Gasteiger partial charge on any atom is 0.258 e. The number of piperidine rings is 1. The Morgan fingerprint density at radius 3 is 3.05 bits per heavy atom. The molecule has 21 heavy (non-hydrogen) atoms. The topological polar surface area (TPSA) is 63.6 Å². The maximum atomic E-state index is 12.1. The van der Waals surface area contributed by atoms with Crippen molar-refractivity contribution in [1.29, 1.82) is 0 Å². The van der Waals surface area contributed by atoms with Gasteiger partial charge in [-0.3, -0.25) is 14.1 Å². The molecule has 1 aliphatic rings. The zero-order chi connectivity index (χ0) is 15.0. The predicted octanol–water partition coefficient (Wildman–Crippen LogP) is 1.52. The molecule has 3 heterocycles. The van der Waals surface area contributed by atoms with Gasteiger partial charge in [0.05, 0.1) is 10.7 Å². The first-order chi connectivity index (χ1) is 10.0. The van der Waals surface area contributed by atoms with E-state index in [9.17, 15) is 4.79 Å². The second kappa shape index (κ2) is 5.75. The van der Waals surface area contributed by atoms with E-state index < -0.39 is 0 Å². The van der Waals surface area contributed by atoms with Crippen LogP contribution < -0.4 is 11.3 Å². The van der Waals surface area contributed by atoms with Crippen LogP contribution in [0.15, 0.2) is 29.2 Å². The summed E-state index contributed by atoms with van der Waals surface area (Å²) in [6, 6.07) is 5.37. The van der Waals surface area contributed by atoms with Crippen LogP contribution >= 0.6 is 11.6 Å². The van der Waals surface area contributed by atoms with Gasteiger partial charge in [-0.05, 0) is 24.5 Å². The normalized spacial score (nSPS) is 23.6. The minimum atomic E-state index is -0.0979. The van der Waals surface area contributed by atoms with Crippen LogP contribution in [0.4, 0.5) is 0 Å². The van der Waals surface area contributed by atoms with E-state index in [0.29, 0.717) is 23.1 Å². The first-order valence-corrected chi connectivity index (χ1v) is 7.56. The summed E-state index contributed by atoms with van der Waals surface area (Å²) >= 11 is 5.91. The fourth-order valence-corrected chi connectivity index (χ4v) is 2.99. The highest BCUT2D eigenvalue weighted by molar-refractivity contribution is 6.30. The number of halogens is 1. The van der Waals surface area contributed by atoms with Crippen LogP contribution in [-0.4, -0.2) is 33.4 Å². The molecule has 2 aromatic heterocycles. The Morgan fingerprint density at radius 2 is 2.29 bits per heavy atom. The molecule has 2 atom stereocenters. The fourth-order valence-electron chi connectivity index (χ4n) is 2.83. The van der Waals surface area contributed by atoms with E-state index >= 15 is 0 Å². The molecule has 2 N–H and O–H groups in total.